The van der Waals surface area contributed by atoms with Crippen LogP contribution in [-0.2, 0) is 0 Å². The fraction of sp³-hybridized carbons (Fsp3) is 0.500. The van der Waals surface area contributed by atoms with Crippen molar-refractivity contribution in [2.24, 2.45) is 0 Å². The zero-order chi connectivity index (χ0) is 13.8. The lowest BCUT2D eigenvalue weighted by Gasteiger charge is -2.21. The molecule has 1 rings (SSSR count). The van der Waals surface area contributed by atoms with E-state index < -0.39 is 24.5 Å². The minimum absolute atomic E-state index is 0.0372. The van der Waals surface area contributed by atoms with E-state index >= 15 is 0 Å². The Morgan fingerprint density at radius 1 is 1.33 bits per heavy atom. The van der Waals surface area contributed by atoms with Crippen LogP contribution in [0.3, 0.4) is 0 Å². The van der Waals surface area contributed by atoms with Gasteiger partial charge in [0.2, 0.25) is 0 Å². The topological polar surface area (TPSA) is 12.0 Å². The van der Waals surface area contributed by atoms with Gasteiger partial charge in [-0.05, 0) is 35.0 Å². The number of nitrogens with one attached hydrogen (secondary N) is 1. The quantitative estimate of drug-likeness (QED) is 0.780. The van der Waals surface area contributed by atoms with E-state index in [0.29, 0.717) is 13.0 Å². The van der Waals surface area contributed by atoms with Gasteiger partial charge in [0, 0.05) is 11.6 Å². The molecule has 0 aromatic heterocycles. The van der Waals surface area contributed by atoms with Gasteiger partial charge in [0.25, 0.3) is 0 Å². The van der Waals surface area contributed by atoms with E-state index in [2.05, 4.69) is 21.2 Å². The zero-order valence-corrected chi connectivity index (χ0v) is 11.4. The second kappa shape index (κ2) is 6.52. The molecule has 0 aliphatic carbocycles. The Kier molecular flexibility index (Phi) is 5.59. The van der Waals surface area contributed by atoms with Crippen molar-refractivity contribution in [3.05, 3.63) is 34.1 Å². The Hall–Kier alpha value is -0.620. The summed E-state index contributed by atoms with van der Waals surface area (Å²) >= 11 is 2.98. The van der Waals surface area contributed by atoms with Crippen LogP contribution in [0.4, 0.5) is 17.6 Å². The summed E-state index contributed by atoms with van der Waals surface area (Å²) in [6, 6.07) is 3.31. The zero-order valence-electron chi connectivity index (χ0n) is 9.82. The van der Waals surface area contributed by atoms with Gasteiger partial charge in [-0.25, -0.2) is 4.39 Å². The molecule has 0 saturated carbocycles. The molecular weight excluding hydrogens is 314 g/mol. The maximum atomic E-state index is 13.8. The average molecular weight is 328 g/mol. The molecule has 0 radical (unpaired) electrons. The van der Waals surface area contributed by atoms with Crippen LogP contribution in [0.1, 0.15) is 31.4 Å². The summed E-state index contributed by atoms with van der Waals surface area (Å²) in [6.45, 7) is 2.25. The molecule has 0 spiro atoms. The van der Waals surface area contributed by atoms with Gasteiger partial charge in [-0.3, -0.25) is 0 Å². The first kappa shape index (κ1) is 15.4. The number of alkyl halides is 3. The molecule has 102 valence electrons. The third-order valence-electron chi connectivity index (χ3n) is 2.43. The van der Waals surface area contributed by atoms with Crippen LogP contribution in [0.2, 0.25) is 0 Å². The summed E-state index contributed by atoms with van der Waals surface area (Å²) in [5.41, 5.74) is 0.0372. The minimum atomic E-state index is -4.33. The first-order valence-electron chi connectivity index (χ1n) is 5.59. The highest BCUT2D eigenvalue weighted by molar-refractivity contribution is 9.10. The van der Waals surface area contributed by atoms with Crippen LogP contribution in [0.25, 0.3) is 0 Å². The average Bonchev–Trinajstić information content (AvgIpc) is 2.27. The molecule has 0 aliphatic heterocycles. The van der Waals surface area contributed by atoms with Crippen LogP contribution >= 0.6 is 15.9 Å². The van der Waals surface area contributed by atoms with E-state index in [0.717, 1.165) is 0 Å². The monoisotopic (exact) mass is 327 g/mol. The molecule has 0 amide bonds. The Morgan fingerprint density at radius 2 is 2.00 bits per heavy atom. The van der Waals surface area contributed by atoms with Crippen molar-refractivity contribution < 1.29 is 17.6 Å². The summed E-state index contributed by atoms with van der Waals surface area (Å²) in [5, 5.41) is 2.73. The molecule has 0 saturated heterocycles. The normalized spacial score (nSPS) is 13.7. The van der Waals surface area contributed by atoms with Crippen LogP contribution in [0, 0.1) is 5.82 Å². The van der Waals surface area contributed by atoms with Crippen molar-refractivity contribution in [1.29, 1.82) is 0 Å². The van der Waals surface area contributed by atoms with Crippen molar-refractivity contribution in [2.75, 3.05) is 6.54 Å². The molecule has 1 aromatic carbocycles. The summed E-state index contributed by atoms with van der Waals surface area (Å²) in [4.78, 5) is 0. The fourth-order valence-corrected chi connectivity index (χ4v) is 2.01. The SMILES string of the molecule is CCCNC(CC(F)(F)F)c1cccc(Br)c1F. The van der Waals surface area contributed by atoms with Crippen LogP contribution in [0.15, 0.2) is 22.7 Å². The predicted molar refractivity (Wildman–Crippen MR) is 65.8 cm³/mol. The molecule has 0 fully saturated rings. The Balaban J connectivity index is 2.97. The van der Waals surface area contributed by atoms with E-state index in [1.54, 1.807) is 0 Å². The van der Waals surface area contributed by atoms with Crippen LogP contribution < -0.4 is 5.32 Å². The van der Waals surface area contributed by atoms with E-state index in [9.17, 15) is 17.6 Å². The summed E-state index contributed by atoms with van der Waals surface area (Å²) < 4.78 is 51.4. The van der Waals surface area contributed by atoms with Gasteiger partial charge in [-0.1, -0.05) is 19.1 Å². The largest absolute Gasteiger partial charge is 0.390 e. The highest BCUT2D eigenvalue weighted by atomic mass is 79.9. The maximum Gasteiger partial charge on any atom is 0.390 e. The number of rotatable bonds is 5. The fourth-order valence-electron chi connectivity index (χ4n) is 1.63. The van der Waals surface area contributed by atoms with Gasteiger partial charge in [-0.15, -0.1) is 0 Å². The molecule has 1 unspecified atom stereocenters. The Bertz CT molecular complexity index is 392. The lowest BCUT2D eigenvalue weighted by molar-refractivity contribution is -0.140. The van der Waals surface area contributed by atoms with Gasteiger partial charge in [-0.2, -0.15) is 13.2 Å². The number of halogens is 5. The number of hydrogen-bond acceptors (Lipinski definition) is 1. The lowest BCUT2D eigenvalue weighted by Crippen LogP contribution is -2.28. The second-order valence-electron chi connectivity index (χ2n) is 3.97. The van der Waals surface area contributed by atoms with Gasteiger partial charge >= 0.3 is 6.18 Å². The van der Waals surface area contributed by atoms with E-state index in [4.69, 9.17) is 0 Å². The van der Waals surface area contributed by atoms with Gasteiger partial charge in [0.15, 0.2) is 0 Å². The first-order valence-corrected chi connectivity index (χ1v) is 6.38. The molecule has 0 aliphatic rings. The molecular formula is C12H14BrF4N. The maximum absolute atomic E-state index is 13.8. The third kappa shape index (κ3) is 4.57. The lowest BCUT2D eigenvalue weighted by atomic mass is 10.0. The molecule has 6 heteroatoms. The van der Waals surface area contributed by atoms with Gasteiger partial charge in [0.1, 0.15) is 5.82 Å². The summed E-state index contributed by atoms with van der Waals surface area (Å²) in [5.74, 6) is -0.643. The van der Waals surface area contributed by atoms with E-state index in [1.807, 2.05) is 6.92 Å². The Labute approximate surface area is 112 Å². The molecule has 0 bridgehead atoms. The van der Waals surface area contributed by atoms with Crippen molar-refractivity contribution in [2.45, 2.75) is 32.0 Å². The van der Waals surface area contributed by atoms with Gasteiger partial charge in [0.05, 0.1) is 10.9 Å². The van der Waals surface area contributed by atoms with Crippen LogP contribution in [-0.4, -0.2) is 12.7 Å². The van der Waals surface area contributed by atoms with E-state index in [-0.39, 0.29) is 10.0 Å². The first-order chi connectivity index (χ1) is 8.35. The van der Waals surface area contributed by atoms with Crippen molar-refractivity contribution >= 4 is 15.9 Å². The second-order valence-corrected chi connectivity index (χ2v) is 4.82. The summed E-state index contributed by atoms with van der Waals surface area (Å²) in [7, 11) is 0. The standard InChI is InChI=1S/C12H14BrF4N/c1-2-6-18-10(7-12(15,16)17)8-4-3-5-9(13)11(8)14/h3-5,10,18H,2,6-7H2,1H3. The molecule has 18 heavy (non-hydrogen) atoms. The number of benzene rings is 1. The van der Waals surface area contributed by atoms with Crippen molar-refractivity contribution in [3.63, 3.8) is 0 Å². The third-order valence-corrected chi connectivity index (χ3v) is 3.05. The molecule has 1 aromatic rings. The van der Waals surface area contributed by atoms with Gasteiger partial charge < -0.3 is 5.32 Å². The molecule has 1 nitrogen and oxygen atoms in total. The van der Waals surface area contributed by atoms with Crippen molar-refractivity contribution in [3.8, 4) is 0 Å². The molecule has 1 N–H and O–H groups in total. The van der Waals surface area contributed by atoms with Crippen LogP contribution in [0.5, 0.6) is 0 Å². The molecule has 0 heterocycles. The smallest absolute Gasteiger partial charge is 0.310 e. The van der Waals surface area contributed by atoms with E-state index in [1.165, 1.54) is 18.2 Å². The predicted octanol–water partition coefficient (Wildman–Crippen LogP) is 4.58. The Morgan fingerprint density at radius 3 is 2.56 bits per heavy atom. The number of hydrogen-bond donors (Lipinski definition) is 1. The minimum Gasteiger partial charge on any atom is -0.310 e. The van der Waals surface area contributed by atoms with Crippen molar-refractivity contribution in [1.82, 2.24) is 5.32 Å². The summed E-state index contributed by atoms with van der Waals surface area (Å²) in [6.07, 6.45) is -4.73. The molecule has 1 atom stereocenters. The highest BCUT2D eigenvalue weighted by Crippen LogP contribution is 2.32. The highest BCUT2D eigenvalue weighted by Gasteiger charge is 2.33.